The van der Waals surface area contributed by atoms with Crippen LogP contribution in [-0.2, 0) is 0 Å². The molecule has 0 spiro atoms. The highest BCUT2D eigenvalue weighted by Crippen LogP contribution is 2.49. The Balaban J connectivity index is 1.35. The van der Waals surface area contributed by atoms with Crippen LogP contribution >= 0.6 is 0 Å². The zero-order chi connectivity index (χ0) is 26.1. The average molecular weight is 503 g/mol. The first kappa shape index (κ1) is 22.2. The van der Waals surface area contributed by atoms with E-state index >= 15 is 0 Å². The van der Waals surface area contributed by atoms with Crippen LogP contribution < -0.4 is 0 Å². The molecule has 0 fully saturated rings. The predicted octanol–water partition coefficient (Wildman–Crippen LogP) is 9.30. The zero-order valence-electron chi connectivity index (χ0n) is 21.8. The minimum Gasteiger partial charge on any atom is -0.455 e. The minimum absolute atomic E-state index is 0.201. The van der Waals surface area contributed by atoms with Crippen molar-refractivity contribution in [3.05, 3.63) is 132 Å². The lowest BCUT2D eigenvalue weighted by Gasteiger charge is -2.32. The Bertz CT molecular complexity index is 2010. The van der Waals surface area contributed by atoms with E-state index in [1.165, 1.54) is 49.7 Å². The first-order chi connectivity index (χ1) is 19.2. The van der Waals surface area contributed by atoms with Crippen molar-refractivity contribution in [2.45, 2.75) is 25.7 Å². The summed E-state index contributed by atoms with van der Waals surface area (Å²) in [5.74, 6) is 0.442. The van der Waals surface area contributed by atoms with E-state index in [2.05, 4.69) is 111 Å². The van der Waals surface area contributed by atoms with Gasteiger partial charge in [0.2, 0.25) is 0 Å². The van der Waals surface area contributed by atoms with Gasteiger partial charge in [0.1, 0.15) is 11.2 Å². The molecule has 39 heavy (non-hydrogen) atoms. The number of hydrogen-bond acceptors (Lipinski definition) is 3. The number of allylic oxidation sites excluding steroid dienone is 4. The first-order valence-electron chi connectivity index (χ1n) is 13.5. The number of rotatable bonds is 2. The largest absolute Gasteiger partial charge is 0.455 e. The standard InChI is InChI=1S/C36H26N2O/c1-21-11-14-33-30(17-21)32-19-22(2)18-31(36(32)39-33)25-8-4-3-7-24(25)23-12-13-28-29(20-23)26-9-5-6-10-27(26)34-35(28)38-16-15-37-34/h3-20,26-27H,1-2H3. The van der Waals surface area contributed by atoms with E-state index in [4.69, 9.17) is 14.4 Å². The number of benzene rings is 4. The molecule has 2 atom stereocenters. The molecule has 0 saturated heterocycles. The zero-order valence-corrected chi connectivity index (χ0v) is 21.8. The Morgan fingerprint density at radius 2 is 1.44 bits per heavy atom. The molecule has 0 bridgehead atoms. The van der Waals surface area contributed by atoms with Crippen LogP contribution in [0.3, 0.4) is 0 Å². The number of nitrogens with zero attached hydrogens (tertiary/aromatic N) is 2. The van der Waals surface area contributed by atoms with Gasteiger partial charge in [-0.1, -0.05) is 72.3 Å². The van der Waals surface area contributed by atoms with Crippen molar-refractivity contribution in [3.8, 4) is 33.5 Å². The van der Waals surface area contributed by atoms with Gasteiger partial charge in [-0.25, -0.2) is 0 Å². The molecular formula is C36H26N2O. The summed E-state index contributed by atoms with van der Waals surface area (Å²) in [4.78, 5) is 9.50. The molecule has 0 aliphatic heterocycles. The van der Waals surface area contributed by atoms with Gasteiger partial charge in [0, 0.05) is 46.1 Å². The van der Waals surface area contributed by atoms with E-state index in [0.717, 1.165) is 28.1 Å². The van der Waals surface area contributed by atoms with Crippen LogP contribution in [-0.4, -0.2) is 9.97 Å². The van der Waals surface area contributed by atoms with Gasteiger partial charge >= 0.3 is 0 Å². The van der Waals surface area contributed by atoms with Crippen molar-refractivity contribution >= 4 is 21.9 Å². The molecule has 2 aliphatic carbocycles. The van der Waals surface area contributed by atoms with Crippen molar-refractivity contribution in [1.29, 1.82) is 0 Å². The van der Waals surface area contributed by atoms with Crippen LogP contribution in [0.1, 0.15) is 34.2 Å². The number of aromatic nitrogens is 2. The second-order valence-electron chi connectivity index (χ2n) is 10.8. The van der Waals surface area contributed by atoms with Gasteiger partial charge in [-0.3, -0.25) is 9.97 Å². The van der Waals surface area contributed by atoms with Crippen LogP contribution in [0.4, 0.5) is 0 Å². The van der Waals surface area contributed by atoms with E-state index in [1.54, 1.807) is 12.4 Å². The van der Waals surface area contributed by atoms with Crippen LogP contribution in [0, 0.1) is 13.8 Å². The number of hydrogen-bond donors (Lipinski definition) is 0. The van der Waals surface area contributed by atoms with Crippen LogP contribution in [0.5, 0.6) is 0 Å². The summed E-state index contributed by atoms with van der Waals surface area (Å²) in [7, 11) is 0. The number of furan rings is 1. The van der Waals surface area contributed by atoms with Crippen molar-refractivity contribution in [3.63, 3.8) is 0 Å². The Morgan fingerprint density at radius 3 is 2.33 bits per heavy atom. The summed E-state index contributed by atoms with van der Waals surface area (Å²) >= 11 is 0. The van der Waals surface area contributed by atoms with Crippen molar-refractivity contribution in [2.24, 2.45) is 0 Å². The third kappa shape index (κ3) is 3.36. The lowest BCUT2D eigenvalue weighted by molar-refractivity contribution is 0.670. The molecular weight excluding hydrogens is 476 g/mol. The maximum atomic E-state index is 6.51. The fraction of sp³-hybridized carbons (Fsp3) is 0.111. The third-order valence-electron chi connectivity index (χ3n) is 8.24. The van der Waals surface area contributed by atoms with Crippen molar-refractivity contribution < 1.29 is 4.42 Å². The molecule has 0 saturated carbocycles. The minimum atomic E-state index is 0.201. The SMILES string of the molecule is Cc1ccc2oc3c(-c4ccccc4-c4ccc5c(c4)C4C=CC=CC4c4nccnc4-5)cc(C)cc3c2c1. The molecule has 2 unspecified atom stereocenters. The van der Waals surface area contributed by atoms with Crippen molar-refractivity contribution in [2.75, 3.05) is 0 Å². The first-order valence-corrected chi connectivity index (χ1v) is 13.5. The Kier molecular flexibility index (Phi) is 4.78. The Morgan fingerprint density at radius 1 is 0.641 bits per heavy atom. The molecule has 4 aromatic carbocycles. The van der Waals surface area contributed by atoms with Gasteiger partial charge in [0.05, 0.1) is 11.4 Å². The highest BCUT2D eigenvalue weighted by atomic mass is 16.3. The van der Waals surface area contributed by atoms with Crippen molar-refractivity contribution in [1.82, 2.24) is 9.97 Å². The molecule has 6 aromatic rings. The Hall–Kier alpha value is -4.76. The smallest absolute Gasteiger partial charge is 0.143 e. The van der Waals surface area contributed by atoms with Gasteiger partial charge in [-0.2, -0.15) is 0 Å². The third-order valence-corrected chi connectivity index (χ3v) is 8.24. The summed E-state index contributed by atoms with van der Waals surface area (Å²) in [6.07, 6.45) is 12.4. The Labute approximate surface area is 227 Å². The van der Waals surface area contributed by atoms with Crippen LogP contribution in [0.15, 0.2) is 114 Å². The van der Waals surface area contributed by atoms with Crippen LogP contribution in [0.25, 0.3) is 55.4 Å². The van der Waals surface area contributed by atoms with Gasteiger partial charge in [-0.15, -0.1) is 0 Å². The second-order valence-corrected chi connectivity index (χ2v) is 10.8. The number of aryl methyl sites for hydroxylation is 2. The second kappa shape index (κ2) is 8.37. The maximum Gasteiger partial charge on any atom is 0.143 e. The molecule has 0 amide bonds. The van der Waals surface area contributed by atoms with Gasteiger partial charge in [-0.05, 0) is 72.0 Å². The maximum absolute atomic E-state index is 6.51. The fourth-order valence-corrected chi connectivity index (χ4v) is 6.49. The molecule has 2 heterocycles. The van der Waals surface area contributed by atoms with E-state index in [0.29, 0.717) is 0 Å². The predicted molar refractivity (Wildman–Crippen MR) is 159 cm³/mol. The highest BCUT2D eigenvalue weighted by Gasteiger charge is 2.34. The normalized spacial score (nSPS) is 17.3. The highest BCUT2D eigenvalue weighted by molar-refractivity contribution is 6.11. The average Bonchev–Trinajstić information content (AvgIpc) is 3.34. The van der Waals surface area contributed by atoms with E-state index in [9.17, 15) is 0 Å². The van der Waals surface area contributed by atoms with Gasteiger partial charge in [0.15, 0.2) is 0 Å². The molecule has 3 heteroatoms. The quantitative estimate of drug-likeness (QED) is 0.237. The summed E-state index contributed by atoms with van der Waals surface area (Å²) < 4.78 is 6.51. The van der Waals surface area contributed by atoms with E-state index in [-0.39, 0.29) is 11.8 Å². The summed E-state index contributed by atoms with van der Waals surface area (Å²) in [5.41, 5.74) is 13.5. The fourth-order valence-electron chi connectivity index (χ4n) is 6.49. The lowest BCUT2D eigenvalue weighted by Crippen LogP contribution is -2.18. The summed E-state index contributed by atoms with van der Waals surface area (Å²) in [6, 6.07) is 26.4. The molecule has 3 nitrogen and oxygen atoms in total. The molecule has 0 radical (unpaired) electrons. The lowest BCUT2D eigenvalue weighted by atomic mass is 9.72. The van der Waals surface area contributed by atoms with E-state index < -0.39 is 0 Å². The van der Waals surface area contributed by atoms with Crippen LogP contribution in [0.2, 0.25) is 0 Å². The molecule has 2 aliphatic rings. The van der Waals surface area contributed by atoms with Gasteiger partial charge in [0.25, 0.3) is 0 Å². The molecule has 186 valence electrons. The molecule has 8 rings (SSSR count). The number of fused-ring (bicyclic) bond motifs is 9. The molecule has 0 N–H and O–H groups in total. The molecule has 2 aromatic heterocycles. The topological polar surface area (TPSA) is 38.9 Å². The summed E-state index contributed by atoms with van der Waals surface area (Å²) in [6.45, 7) is 4.30. The summed E-state index contributed by atoms with van der Waals surface area (Å²) in [5, 5.41) is 2.34. The monoisotopic (exact) mass is 502 g/mol. The van der Waals surface area contributed by atoms with Gasteiger partial charge < -0.3 is 4.42 Å². The van der Waals surface area contributed by atoms with E-state index in [1.807, 2.05) is 0 Å².